The molecule has 0 unspecified atom stereocenters. The molecule has 0 aromatic heterocycles. The number of aryl methyl sites for hydroxylation is 1. The van der Waals surface area contributed by atoms with Gasteiger partial charge in [0, 0.05) is 23.7 Å². The Balaban J connectivity index is 1.53. The molecule has 1 aliphatic carbocycles. The number of nitrogens with zero attached hydrogens (tertiary/aromatic N) is 1. The van der Waals surface area contributed by atoms with Crippen LogP contribution in [0.2, 0.25) is 5.02 Å². The standard InChI is InChI=1S/C30H39ClN2O5S/c1-2-25-7-5-8-28(34)26-13-10-22(26)18-33-15-4-3-6-20-16-24(31)12-9-23(20)19-38-29-14-11-21(17-27(29)33)30(35)32-39(25,36)37/h9,11-12,14,16-17,22,25-26,28,34H,2-8,10,13,15,18-19H2,1H3,(H,32,35)/t22-,25-,26+,28-/m0/s1. The highest BCUT2D eigenvalue weighted by molar-refractivity contribution is 7.90. The number of anilines is 1. The van der Waals surface area contributed by atoms with E-state index in [9.17, 15) is 18.3 Å². The fraction of sp³-hybridized carbons (Fsp3) is 0.567. The molecule has 9 heteroatoms. The van der Waals surface area contributed by atoms with Gasteiger partial charge in [0.15, 0.2) is 0 Å². The summed E-state index contributed by atoms with van der Waals surface area (Å²) in [5.74, 6) is 0.567. The van der Waals surface area contributed by atoms with Crippen LogP contribution >= 0.6 is 11.6 Å². The highest BCUT2D eigenvalue weighted by Crippen LogP contribution is 2.41. The maximum absolute atomic E-state index is 13.2. The van der Waals surface area contributed by atoms with Gasteiger partial charge in [-0.2, -0.15) is 0 Å². The molecule has 1 amide bonds. The second kappa shape index (κ2) is 12.1. The van der Waals surface area contributed by atoms with E-state index in [0.717, 1.165) is 56.4 Å². The first-order valence-corrected chi connectivity index (χ1v) is 16.2. The second-order valence-electron chi connectivity index (χ2n) is 11.3. The molecule has 2 heterocycles. The van der Waals surface area contributed by atoms with Gasteiger partial charge < -0.3 is 14.7 Å². The highest BCUT2D eigenvalue weighted by Gasteiger charge is 2.38. The number of ether oxygens (including phenoxy) is 1. The first-order valence-electron chi connectivity index (χ1n) is 14.3. The lowest BCUT2D eigenvalue weighted by Crippen LogP contribution is -2.43. The average Bonchev–Trinajstić information content (AvgIpc) is 2.91. The Hall–Kier alpha value is -2.29. The molecule has 2 aromatic rings. The minimum atomic E-state index is -3.86. The molecule has 3 aliphatic rings. The summed E-state index contributed by atoms with van der Waals surface area (Å²) in [7, 11) is -3.86. The molecule has 0 spiro atoms. The van der Waals surface area contributed by atoms with Crippen molar-refractivity contribution in [2.45, 2.75) is 82.7 Å². The van der Waals surface area contributed by atoms with E-state index in [1.54, 1.807) is 18.2 Å². The van der Waals surface area contributed by atoms with Gasteiger partial charge in [-0.1, -0.05) is 24.6 Å². The van der Waals surface area contributed by atoms with E-state index in [2.05, 4.69) is 9.62 Å². The zero-order valence-electron chi connectivity index (χ0n) is 22.6. The molecule has 0 saturated heterocycles. The van der Waals surface area contributed by atoms with Gasteiger partial charge in [-0.15, -0.1) is 0 Å². The fourth-order valence-corrected chi connectivity index (χ4v) is 7.96. The molecule has 1 fully saturated rings. The number of amides is 1. The first-order chi connectivity index (χ1) is 18.7. The van der Waals surface area contributed by atoms with Crippen molar-refractivity contribution in [2.24, 2.45) is 11.8 Å². The van der Waals surface area contributed by atoms with Crippen LogP contribution in [0.25, 0.3) is 0 Å². The number of hydrogen-bond donors (Lipinski definition) is 2. The predicted molar refractivity (Wildman–Crippen MR) is 154 cm³/mol. The molecule has 2 aromatic carbocycles. The Labute approximate surface area is 236 Å². The summed E-state index contributed by atoms with van der Waals surface area (Å²) in [5.41, 5.74) is 3.35. The third-order valence-corrected chi connectivity index (χ3v) is 11.0. The number of rotatable bonds is 1. The number of nitrogens with one attached hydrogen (secondary N) is 1. The number of carbonyl (C=O) groups is 1. The molecule has 0 radical (unpaired) electrons. The normalized spacial score (nSPS) is 27.7. The molecule has 2 bridgehead atoms. The van der Waals surface area contributed by atoms with Gasteiger partial charge in [0.2, 0.25) is 10.0 Å². The molecule has 212 valence electrons. The van der Waals surface area contributed by atoms with E-state index in [1.165, 1.54) is 5.56 Å². The molecular weight excluding hydrogens is 536 g/mol. The number of aliphatic hydroxyl groups excluding tert-OH is 1. The zero-order chi connectivity index (χ0) is 27.6. The minimum absolute atomic E-state index is 0.198. The third-order valence-electron chi connectivity index (χ3n) is 8.82. The van der Waals surface area contributed by atoms with E-state index >= 15 is 0 Å². The van der Waals surface area contributed by atoms with Crippen LogP contribution in [0, 0.1) is 11.8 Å². The zero-order valence-corrected chi connectivity index (χ0v) is 24.1. The molecular formula is C30H39ClN2O5S. The second-order valence-corrected chi connectivity index (χ2v) is 13.7. The Morgan fingerprint density at radius 3 is 2.67 bits per heavy atom. The van der Waals surface area contributed by atoms with Gasteiger partial charge in [-0.25, -0.2) is 13.1 Å². The number of fused-ring (bicyclic) bond motifs is 3. The van der Waals surface area contributed by atoms with Crippen LogP contribution in [0.4, 0.5) is 5.69 Å². The summed E-state index contributed by atoms with van der Waals surface area (Å²) in [6.07, 6.45) is 6.41. The van der Waals surface area contributed by atoms with Crippen LogP contribution < -0.4 is 14.4 Å². The van der Waals surface area contributed by atoms with Gasteiger partial charge in [0.1, 0.15) is 12.4 Å². The summed E-state index contributed by atoms with van der Waals surface area (Å²) in [6, 6.07) is 11.1. The van der Waals surface area contributed by atoms with Crippen molar-refractivity contribution in [2.75, 3.05) is 18.0 Å². The summed E-state index contributed by atoms with van der Waals surface area (Å²) in [6.45, 7) is 3.72. The number of sulfonamides is 1. The van der Waals surface area contributed by atoms with Crippen LogP contribution in [0.15, 0.2) is 36.4 Å². The number of hydrogen-bond acceptors (Lipinski definition) is 6. The minimum Gasteiger partial charge on any atom is -0.487 e. The quantitative estimate of drug-likeness (QED) is 0.469. The monoisotopic (exact) mass is 574 g/mol. The van der Waals surface area contributed by atoms with Gasteiger partial charge in [-0.3, -0.25) is 4.79 Å². The van der Waals surface area contributed by atoms with Crippen molar-refractivity contribution >= 4 is 33.2 Å². The average molecular weight is 575 g/mol. The lowest BCUT2D eigenvalue weighted by Gasteiger charge is -2.43. The third kappa shape index (κ3) is 6.39. The fourth-order valence-electron chi connectivity index (χ4n) is 6.31. The van der Waals surface area contributed by atoms with E-state index < -0.39 is 27.3 Å². The molecule has 39 heavy (non-hydrogen) atoms. The highest BCUT2D eigenvalue weighted by atomic mass is 35.5. The van der Waals surface area contributed by atoms with Gasteiger partial charge in [0.05, 0.1) is 17.0 Å². The van der Waals surface area contributed by atoms with Gasteiger partial charge >= 0.3 is 0 Å². The summed E-state index contributed by atoms with van der Waals surface area (Å²) < 4.78 is 34.9. The SMILES string of the molecule is CC[C@H]1CCC[C@H](O)[C@@H]2CC[C@H]2CN2CCCCc3cc(Cl)ccc3COc3ccc(cc32)C(=O)NS1(=O)=O. The van der Waals surface area contributed by atoms with Gasteiger partial charge in [-0.05, 0) is 111 Å². The van der Waals surface area contributed by atoms with E-state index in [4.69, 9.17) is 16.3 Å². The van der Waals surface area contributed by atoms with Crippen molar-refractivity contribution < 1.29 is 23.1 Å². The van der Waals surface area contributed by atoms with Crippen LogP contribution in [0.5, 0.6) is 5.75 Å². The van der Waals surface area contributed by atoms with Crippen LogP contribution in [0.3, 0.4) is 0 Å². The topological polar surface area (TPSA) is 95.9 Å². The first kappa shape index (κ1) is 28.2. The molecule has 2 aliphatic heterocycles. The van der Waals surface area contributed by atoms with Crippen molar-refractivity contribution in [3.63, 3.8) is 0 Å². The summed E-state index contributed by atoms with van der Waals surface area (Å²) in [5, 5.41) is 11.1. The summed E-state index contributed by atoms with van der Waals surface area (Å²) >= 11 is 6.29. The number of aliphatic hydroxyl groups is 1. The van der Waals surface area contributed by atoms with Crippen LogP contribution in [0.1, 0.15) is 79.8 Å². The predicted octanol–water partition coefficient (Wildman–Crippen LogP) is 5.47. The smallest absolute Gasteiger partial charge is 0.264 e. The maximum Gasteiger partial charge on any atom is 0.264 e. The lowest BCUT2D eigenvalue weighted by atomic mass is 9.69. The number of carbonyl (C=O) groups excluding carboxylic acids is 1. The molecule has 2 N–H and O–H groups in total. The number of halogens is 1. The molecule has 4 atom stereocenters. The van der Waals surface area contributed by atoms with Crippen LogP contribution in [-0.4, -0.2) is 43.9 Å². The van der Waals surface area contributed by atoms with Gasteiger partial charge in [0.25, 0.3) is 5.91 Å². The lowest BCUT2D eigenvalue weighted by molar-refractivity contribution is 0.00937. The molecule has 5 rings (SSSR count). The Morgan fingerprint density at radius 2 is 1.90 bits per heavy atom. The van der Waals surface area contributed by atoms with E-state index in [-0.39, 0.29) is 5.92 Å². The molecule has 1 saturated carbocycles. The Bertz CT molecular complexity index is 1300. The van der Waals surface area contributed by atoms with Crippen molar-refractivity contribution in [1.82, 2.24) is 4.72 Å². The maximum atomic E-state index is 13.2. The number of benzene rings is 2. The van der Waals surface area contributed by atoms with Crippen molar-refractivity contribution in [3.05, 3.63) is 58.1 Å². The van der Waals surface area contributed by atoms with Crippen molar-refractivity contribution in [3.8, 4) is 5.75 Å². The largest absolute Gasteiger partial charge is 0.487 e. The molecule has 7 nitrogen and oxygen atoms in total. The summed E-state index contributed by atoms with van der Waals surface area (Å²) in [4.78, 5) is 15.5. The van der Waals surface area contributed by atoms with Crippen molar-refractivity contribution in [1.29, 1.82) is 0 Å². The van der Waals surface area contributed by atoms with E-state index in [0.29, 0.717) is 54.5 Å². The van der Waals surface area contributed by atoms with Crippen LogP contribution in [-0.2, 0) is 23.1 Å². The Morgan fingerprint density at radius 1 is 1.05 bits per heavy atom. The Kier molecular flexibility index (Phi) is 8.74. The van der Waals surface area contributed by atoms with E-state index in [1.807, 2.05) is 25.1 Å².